The van der Waals surface area contributed by atoms with Crippen LogP contribution in [-0.4, -0.2) is 37.9 Å². The van der Waals surface area contributed by atoms with Crippen molar-refractivity contribution in [2.24, 2.45) is 0 Å². The molecule has 1 aliphatic rings. The van der Waals surface area contributed by atoms with Gasteiger partial charge in [-0.05, 0) is 59.7 Å². The van der Waals surface area contributed by atoms with Crippen LogP contribution in [-0.2, 0) is 16.0 Å². The summed E-state index contributed by atoms with van der Waals surface area (Å²) in [6, 6.07) is 18.2. The number of hydrogen-bond acceptors (Lipinski definition) is 7. The highest BCUT2D eigenvalue weighted by molar-refractivity contribution is 6.27. The summed E-state index contributed by atoms with van der Waals surface area (Å²) in [4.78, 5) is 26.6. The molecule has 0 spiro atoms. The van der Waals surface area contributed by atoms with E-state index >= 15 is 0 Å². The molecule has 1 heterocycles. The van der Waals surface area contributed by atoms with Crippen molar-refractivity contribution in [3.63, 3.8) is 0 Å². The van der Waals surface area contributed by atoms with Gasteiger partial charge in [0.2, 0.25) is 6.79 Å². The molecule has 0 unspecified atom stereocenters. The largest absolute Gasteiger partial charge is 0.508 e. The first-order chi connectivity index (χ1) is 16.0. The Kier molecular flexibility index (Phi) is 6.31. The fourth-order valence-electron chi connectivity index (χ4n) is 3.59. The molecule has 1 aliphatic heterocycles. The lowest BCUT2D eigenvalue weighted by Crippen LogP contribution is -2.15. The Labute approximate surface area is 190 Å². The lowest BCUT2D eigenvalue weighted by atomic mass is 9.89. The van der Waals surface area contributed by atoms with Crippen molar-refractivity contribution >= 4 is 17.3 Å². The monoisotopic (exact) mass is 446 g/mol. The fraction of sp³-hybridized carbons (Fsp3) is 0.154. The first-order valence-corrected chi connectivity index (χ1v) is 10.2. The highest BCUT2D eigenvalue weighted by Crippen LogP contribution is 2.36. The van der Waals surface area contributed by atoms with Gasteiger partial charge in [-0.3, -0.25) is 4.79 Å². The second kappa shape index (κ2) is 9.48. The number of hydrogen-bond donors (Lipinski definition) is 1. The van der Waals surface area contributed by atoms with E-state index in [4.69, 9.17) is 18.9 Å². The number of rotatable bonds is 7. The summed E-state index contributed by atoms with van der Waals surface area (Å²) in [6.07, 6.45) is 0.143. The number of phenolic OH excluding ortho intramolecular Hbond substituents is 1. The van der Waals surface area contributed by atoms with E-state index in [-0.39, 0.29) is 35.9 Å². The third-order valence-corrected chi connectivity index (χ3v) is 5.30. The average molecular weight is 446 g/mol. The summed E-state index contributed by atoms with van der Waals surface area (Å²) >= 11 is 0. The van der Waals surface area contributed by atoms with Crippen molar-refractivity contribution in [1.29, 1.82) is 0 Å². The molecule has 0 radical (unpaired) electrons. The number of aromatic hydroxyl groups is 1. The van der Waals surface area contributed by atoms with Gasteiger partial charge in [0, 0.05) is 17.6 Å². The van der Waals surface area contributed by atoms with Crippen LogP contribution in [0.1, 0.15) is 21.5 Å². The van der Waals surface area contributed by atoms with Crippen LogP contribution < -0.4 is 14.2 Å². The molecule has 7 nitrogen and oxygen atoms in total. The minimum atomic E-state index is -0.649. The molecule has 0 saturated heterocycles. The lowest BCUT2D eigenvalue weighted by molar-refractivity contribution is -0.133. The fourth-order valence-corrected chi connectivity index (χ4v) is 3.59. The molecule has 0 bridgehead atoms. The maximum atomic E-state index is 13.7. The predicted molar refractivity (Wildman–Crippen MR) is 121 cm³/mol. The number of Topliss-reactive ketones (excluding diaryl/α,β-unsaturated/α-hetero) is 1. The molecule has 4 rings (SSSR count). The van der Waals surface area contributed by atoms with Gasteiger partial charge >= 0.3 is 5.97 Å². The van der Waals surface area contributed by atoms with Crippen LogP contribution in [0.2, 0.25) is 0 Å². The van der Waals surface area contributed by atoms with Crippen molar-refractivity contribution in [2.45, 2.75) is 6.42 Å². The predicted octanol–water partition coefficient (Wildman–Crippen LogP) is 4.18. The van der Waals surface area contributed by atoms with Crippen molar-refractivity contribution in [3.8, 4) is 23.0 Å². The Bertz CT molecular complexity index is 1210. The average Bonchev–Trinajstić information content (AvgIpc) is 3.32. The molecule has 33 heavy (non-hydrogen) atoms. The van der Waals surface area contributed by atoms with Gasteiger partial charge in [0.25, 0.3) is 0 Å². The van der Waals surface area contributed by atoms with E-state index in [0.717, 1.165) is 5.56 Å². The topological polar surface area (TPSA) is 91.3 Å². The number of esters is 1. The minimum absolute atomic E-state index is 0.0845. The highest BCUT2D eigenvalue weighted by atomic mass is 16.7. The molecule has 7 heteroatoms. The molecule has 0 amide bonds. The van der Waals surface area contributed by atoms with Crippen molar-refractivity contribution in [1.82, 2.24) is 0 Å². The molecule has 168 valence electrons. The molecular weight excluding hydrogens is 424 g/mol. The van der Waals surface area contributed by atoms with Crippen LogP contribution in [0.25, 0.3) is 5.57 Å². The van der Waals surface area contributed by atoms with Crippen LogP contribution in [0.3, 0.4) is 0 Å². The van der Waals surface area contributed by atoms with Crippen LogP contribution in [0.5, 0.6) is 23.0 Å². The number of phenols is 1. The molecule has 0 atom stereocenters. The van der Waals surface area contributed by atoms with Gasteiger partial charge < -0.3 is 24.1 Å². The van der Waals surface area contributed by atoms with E-state index in [9.17, 15) is 14.7 Å². The van der Waals surface area contributed by atoms with E-state index in [1.165, 1.54) is 19.2 Å². The van der Waals surface area contributed by atoms with Crippen molar-refractivity contribution in [3.05, 3.63) is 89.0 Å². The molecular formula is C26H22O7. The van der Waals surface area contributed by atoms with E-state index in [0.29, 0.717) is 28.4 Å². The zero-order chi connectivity index (χ0) is 23.4. The van der Waals surface area contributed by atoms with E-state index < -0.39 is 5.97 Å². The third-order valence-electron chi connectivity index (χ3n) is 5.30. The van der Waals surface area contributed by atoms with Crippen LogP contribution >= 0.6 is 0 Å². The molecule has 0 aliphatic carbocycles. The molecule has 3 aromatic rings. The zero-order valence-electron chi connectivity index (χ0n) is 18.2. The maximum absolute atomic E-state index is 13.7. The highest BCUT2D eigenvalue weighted by Gasteiger charge is 2.26. The number of allylic oxidation sites excluding steroid dienone is 1. The molecule has 0 aromatic heterocycles. The molecule has 0 fully saturated rings. The van der Waals surface area contributed by atoms with Gasteiger partial charge in [-0.15, -0.1) is 0 Å². The molecule has 3 aromatic carbocycles. The van der Waals surface area contributed by atoms with E-state index in [1.807, 2.05) is 0 Å². The first-order valence-electron chi connectivity index (χ1n) is 10.2. The Morgan fingerprint density at radius 2 is 1.55 bits per heavy atom. The number of ketones is 1. The summed E-state index contributed by atoms with van der Waals surface area (Å²) in [5.74, 6) is 0.780. The molecule has 0 saturated carbocycles. The maximum Gasteiger partial charge on any atom is 0.338 e. The number of benzene rings is 3. The minimum Gasteiger partial charge on any atom is -0.508 e. The second-order valence-electron chi connectivity index (χ2n) is 7.31. The van der Waals surface area contributed by atoms with E-state index in [1.54, 1.807) is 61.7 Å². The Morgan fingerprint density at radius 3 is 2.21 bits per heavy atom. The summed E-state index contributed by atoms with van der Waals surface area (Å²) in [5.41, 5.74) is 1.99. The van der Waals surface area contributed by atoms with Crippen LogP contribution in [0.4, 0.5) is 0 Å². The lowest BCUT2D eigenvalue weighted by Gasteiger charge is -2.15. The van der Waals surface area contributed by atoms with Gasteiger partial charge in [0.1, 0.15) is 11.5 Å². The first kappa shape index (κ1) is 22.0. The third kappa shape index (κ3) is 4.67. The van der Waals surface area contributed by atoms with Gasteiger partial charge in [-0.1, -0.05) is 18.2 Å². The number of ether oxygens (including phenoxy) is 4. The number of fused-ring (bicyclic) bond motifs is 1. The van der Waals surface area contributed by atoms with E-state index in [2.05, 4.69) is 0 Å². The zero-order valence-corrected chi connectivity index (χ0v) is 18.2. The van der Waals surface area contributed by atoms with Gasteiger partial charge in [0.15, 0.2) is 17.3 Å². The SMILES string of the molecule is COC(=O)/C(=C(/Cc1ccc(O)cc1)C(=O)c1ccc(OC)cc1)c1ccc2c(c1)OCO2. The normalized spacial score (nSPS) is 12.7. The summed E-state index contributed by atoms with van der Waals surface area (Å²) in [6.45, 7) is 0.0845. The molecule has 1 N–H and O–H groups in total. The number of carbonyl (C=O) groups is 2. The number of carbonyl (C=O) groups excluding carboxylic acids is 2. The van der Waals surface area contributed by atoms with Crippen LogP contribution in [0.15, 0.2) is 72.3 Å². The van der Waals surface area contributed by atoms with Crippen molar-refractivity contribution < 1.29 is 33.6 Å². The van der Waals surface area contributed by atoms with Crippen molar-refractivity contribution in [2.75, 3.05) is 21.0 Å². The van der Waals surface area contributed by atoms with Gasteiger partial charge in [-0.2, -0.15) is 0 Å². The Balaban J connectivity index is 1.88. The second-order valence-corrected chi connectivity index (χ2v) is 7.31. The summed E-state index contributed by atoms with van der Waals surface area (Å²) in [5, 5.41) is 9.64. The summed E-state index contributed by atoms with van der Waals surface area (Å²) in [7, 11) is 2.81. The quantitative estimate of drug-likeness (QED) is 0.331. The summed E-state index contributed by atoms with van der Waals surface area (Å²) < 4.78 is 21.1. The van der Waals surface area contributed by atoms with Crippen LogP contribution in [0, 0.1) is 0 Å². The van der Waals surface area contributed by atoms with Gasteiger partial charge in [0.05, 0.1) is 19.8 Å². The smallest absolute Gasteiger partial charge is 0.338 e. The Morgan fingerprint density at radius 1 is 0.879 bits per heavy atom. The Hall–Kier alpha value is -4.26. The van der Waals surface area contributed by atoms with Gasteiger partial charge in [-0.25, -0.2) is 4.79 Å². The number of methoxy groups -OCH3 is 2. The standard InChI is InChI=1S/C26H22O7/c1-30-20-10-5-17(6-11-20)25(28)21(13-16-3-8-19(27)9-4-16)24(26(29)31-2)18-7-12-22-23(14-18)33-15-32-22/h3-12,14,27H,13,15H2,1-2H3/b24-21-.